The summed E-state index contributed by atoms with van der Waals surface area (Å²) in [6.45, 7) is 2.84. The van der Waals surface area contributed by atoms with E-state index in [9.17, 15) is 9.59 Å². The third-order valence-corrected chi connectivity index (χ3v) is 3.18. The van der Waals surface area contributed by atoms with Crippen molar-refractivity contribution >= 4 is 24.4 Å². The monoisotopic (exact) mass is 259 g/mol. The highest BCUT2D eigenvalue weighted by Gasteiger charge is 2.25. The Morgan fingerprint density at radius 2 is 2.12 bits per heavy atom. The van der Waals surface area contributed by atoms with E-state index in [2.05, 4.69) is 35.2 Å². The second-order valence-corrected chi connectivity index (χ2v) is 4.80. The molecular weight excluding hydrogens is 238 g/mol. The highest BCUT2D eigenvalue weighted by molar-refractivity contribution is 7.80. The fraction of sp³-hybridized carbons (Fsp3) is 0.818. The molecule has 1 unspecified atom stereocenters. The van der Waals surface area contributed by atoms with Gasteiger partial charge in [-0.1, -0.05) is 0 Å². The van der Waals surface area contributed by atoms with Crippen LogP contribution in [-0.2, 0) is 9.59 Å². The lowest BCUT2D eigenvalue weighted by molar-refractivity contribution is -0.127. The standard InChI is InChI=1S/C11H21N3O2S/c1-8(15)13-10(7-17)11(16)12-5-6-14(2)9-3-4-9/h9-10,17H,3-7H2,1-2H3,(H,12,16)(H,13,15). The van der Waals surface area contributed by atoms with E-state index in [-0.39, 0.29) is 11.8 Å². The summed E-state index contributed by atoms with van der Waals surface area (Å²) in [5.41, 5.74) is 0. The molecule has 0 spiro atoms. The third kappa shape index (κ3) is 5.41. The fourth-order valence-electron chi connectivity index (χ4n) is 1.62. The number of hydrogen-bond donors (Lipinski definition) is 3. The predicted octanol–water partition coefficient (Wildman–Crippen LogP) is -0.369. The average Bonchev–Trinajstić information content (AvgIpc) is 3.08. The van der Waals surface area contributed by atoms with Gasteiger partial charge in [0, 0.05) is 31.8 Å². The average molecular weight is 259 g/mol. The van der Waals surface area contributed by atoms with Crippen LogP contribution in [0.1, 0.15) is 19.8 Å². The molecule has 1 fully saturated rings. The number of carbonyl (C=O) groups excluding carboxylic acids is 2. The first-order valence-corrected chi connectivity index (χ1v) is 6.53. The van der Waals surface area contributed by atoms with Gasteiger partial charge in [0.1, 0.15) is 6.04 Å². The zero-order chi connectivity index (χ0) is 12.8. The largest absolute Gasteiger partial charge is 0.353 e. The Kier molecular flexibility index (Phi) is 5.77. The van der Waals surface area contributed by atoms with Crippen LogP contribution < -0.4 is 10.6 Å². The lowest BCUT2D eigenvalue weighted by atomic mass is 10.3. The molecule has 2 N–H and O–H groups in total. The van der Waals surface area contributed by atoms with Gasteiger partial charge in [-0.15, -0.1) is 0 Å². The van der Waals surface area contributed by atoms with Crippen molar-refractivity contribution in [3.63, 3.8) is 0 Å². The fourth-order valence-corrected chi connectivity index (χ4v) is 1.87. The topological polar surface area (TPSA) is 61.4 Å². The molecule has 1 saturated carbocycles. The van der Waals surface area contributed by atoms with Gasteiger partial charge in [0.25, 0.3) is 0 Å². The van der Waals surface area contributed by atoms with Crippen LogP contribution in [0.5, 0.6) is 0 Å². The molecule has 0 aliphatic heterocycles. The number of amides is 2. The van der Waals surface area contributed by atoms with Crippen LogP contribution in [0.3, 0.4) is 0 Å². The first-order chi connectivity index (χ1) is 8.04. The Hall–Kier alpha value is -0.750. The minimum atomic E-state index is -0.540. The van der Waals surface area contributed by atoms with Gasteiger partial charge in [-0.25, -0.2) is 0 Å². The number of likely N-dealkylation sites (N-methyl/N-ethyl adjacent to an activating group) is 1. The normalized spacial score (nSPS) is 16.7. The van der Waals surface area contributed by atoms with E-state index in [1.165, 1.54) is 19.8 Å². The molecule has 6 heteroatoms. The summed E-state index contributed by atoms with van der Waals surface area (Å²) < 4.78 is 0. The highest BCUT2D eigenvalue weighted by Crippen LogP contribution is 2.24. The lowest BCUT2D eigenvalue weighted by Crippen LogP contribution is -2.48. The SMILES string of the molecule is CC(=O)NC(CS)C(=O)NCCN(C)C1CC1. The quantitative estimate of drug-likeness (QED) is 0.547. The second kappa shape index (κ2) is 6.86. The Balaban J connectivity index is 2.19. The maximum atomic E-state index is 11.7. The Labute approximate surface area is 108 Å². The van der Waals surface area contributed by atoms with Crippen molar-refractivity contribution in [2.24, 2.45) is 0 Å². The summed E-state index contributed by atoms with van der Waals surface area (Å²) in [5, 5.41) is 5.37. The zero-order valence-corrected chi connectivity index (χ0v) is 11.3. The van der Waals surface area contributed by atoms with E-state index in [0.717, 1.165) is 6.54 Å². The maximum Gasteiger partial charge on any atom is 0.243 e. The Bertz CT molecular complexity index is 282. The molecule has 0 aromatic carbocycles. The number of carbonyl (C=O) groups is 2. The van der Waals surface area contributed by atoms with Crippen LogP contribution in [-0.4, -0.2) is 54.7 Å². The molecule has 1 aliphatic rings. The Morgan fingerprint density at radius 3 is 2.59 bits per heavy atom. The van der Waals surface area contributed by atoms with Crippen molar-refractivity contribution in [3.05, 3.63) is 0 Å². The van der Waals surface area contributed by atoms with Crippen LogP contribution in [0.2, 0.25) is 0 Å². The van der Waals surface area contributed by atoms with Crippen molar-refractivity contribution in [2.75, 3.05) is 25.9 Å². The molecule has 98 valence electrons. The molecule has 1 rings (SSSR count). The molecule has 0 saturated heterocycles. The van der Waals surface area contributed by atoms with Gasteiger partial charge < -0.3 is 15.5 Å². The molecular formula is C11H21N3O2S. The van der Waals surface area contributed by atoms with E-state index < -0.39 is 6.04 Å². The number of thiol groups is 1. The molecule has 0 heterocycles. The van der Waals surface area contributed by atoms with Gasteiger partial charge in [-0.05, 0) is 19.9 Å². The minimum Gasteiger partial charge on any atom is -0.353 e. The van der Waals surface area contributed by atoms with Crippen LogP contribution in [0.15, 0.2) is 0 Å². The Morgan fingerprint density at radius 1 is 1.47 bits per heavy atom. The molecule has 0 radical (unpaired) electrons. The van der Waals surface area contributed by atoms with Gasteiger partial charge >= 0.3 is 0 Å². The summed E-state index contributed by atoms with van der Waals surface area (Å²) in [6, 6.07) is 0.157. The van der Waals surface area contributed by atoms with Crippen LogP contribution in [0.25, 0.3) is 0 Å². The van der Waals surface area contributed by atoms with E-state index in [1.807, 2.05) is 0 Å². The van der Waals surface area contributed by atoms with Gasteiger partial charge in [0.05, 0.1) is 0 Å². The van der Waals surface area contributed by atoms with Gasteiger partial charge in [-0.2, -0.15) is 12.6 Å². The van der Waals surface area contributed by atoms with E-state index in [0.29, 0.717) is 18.3 Å². The third-order valence-electron chi connectivity index (χ3n) is 2.81. The van der Waals surface area contributed by atoms with E-state index in [1.54, 1.807) is 0 Å². The van der Waals surface area contributed by atoms with Crippen molar-refractivity contribution in [1.82, 2.24) is 15.5 Å². The summed E-state index contributed by atoms with van der Waals surface area (Å²) in [6.07, 6.45) is 2.52. The molecule has 5 nitrogen and oxygen atoms in total. The van der Waals surface area contributed by atoms with Gasteiger partial charge in [0.2, 0.25) is 11.8 Å². The van der Waals surface area contributed by atoms with Crippen LogP contribution in [0.4, 0.5) is 0 Å². The summed E-state index contributed by atoms with van der Waals surface area (Å²) in [7, 11) is 2.06. The van der Waals surface area contributed by atoms with Crippen LogP contribution >= 0.6 is 12.6 Å². The minimum absolute atomic E-state index is 0.167. The first kappa shape index (κ1) is 14.3. The van der Waals surface area contributed by atoms with Crippen molar-refractivity contribution in [1.29, 1.82) is 0 Å². The number of nitrogens with zero attached hydrogens (tertiary/aromatic N) is 1. The molecule has 0 aromatic rings. The zero-order valence-electron chi connectivity index (χ0n) is 10.4. The number of rotatable bonds is 7. The first-order valence-electron chi connectivity index (χ1n) is 5.90. The molecule has 17 heavy (non-hydrogen) atoms. The molecule has 2 amide bonds. The summed E-state index contributed by atoms with van der Waals surface area (Å²) in [5.74, 6) is -0.0714. The second-order valence-electron chi connectivity index (χ2n) is 4.44. The lowest BCUT2D eigenvalue weighted by Gasteiger charge is -2.18. The molecule has 0 bridgehead atoms. The predicted molar refractivity (Wildman–Crippen MR) is 70.1 cm³/mol. The van der Waals surface area contributed by atoms with E-state index >= 15 is 0 Å². The smallest absolute Gasteiger partial charge is 0.243 e. The van der Waals surface area contributed by atoms with Gasteiger partial charge in [-0.3, -0.25) is 9.59 Å². The van der Waals surface area contributed by atoms with Crippen molar-refractivity contribution < 1.29 is 9.59 Å². The highest BCUT2D eigenvalue weighted by atomic mass is 32.1. The van der Waals surface area contributed by atoms with Crippen molar-refractivity contribution in [3.8, 4) is 0 Å². The maximum absolute atomic E-state index is 11.7. The molecule has 1 atom stereocenters. The van der Waals surface area contributed by atoms with Crippen molar-refractivity contribution in [2.45, 2.75) is 31.8 Å². The number of hydrogen-bond acceptors (Lipinski definition) is 4. The summed E-state index contributed by atoms with van der Waals surface area (Å²) >= 11 is 4.05. The molecule has 1 aliphatic carbocycles. The number of nitrogens with one attached hydrogen (secondary N) is 2. The van der Waals surface area contributed by atoms with E-state index in [4.69, 9.17) is 0 Å². The molecule has 0 aromatic heterocycles. The van der Waals surface area contributed by atoms with Crippen LogP contribution in [0, 0.1) is 0 Å². The summed E-state index contributed by atoms with van der Waals surface area (Å²) in [4.78, 5) is 24.8. The van der Waals surface area contributed by atoms with Gasteiger partial charge in [0.15, 0.2) is 0 Å².